The number of benzene rings is 2. The normalized spacial score (nSPS) is 10.4. The summed E-state index contributed by atoms with van der Waals surface area (Å²) < 4.78 is 0. The average molecular weight is 294 g/mol. The number of nitrogens with one attached hydrogen (secondary N) is 1. The van der Waals surface area contributed by atoms with E-state index in [0.29, 0.717) is 5.69 Å². The highest BCUT2D eigenvalue weighted by Gasteiger charge is 2.13. The molecule has 110 valence electrons. The lowest BCUT2D eigenvalue weighted by Crippen LogP contribution is -2.13. The maximum Gasteiger partial charge on any atom is 0.277 e. The molecular formula is C16H14N4O2. The summed E-state index contributed by atoms with van der Waals surface area (Å²) in [5, 5.41) is 20.6. The average Bonchev–Trinajstić information content (AvgIpc) is 3.01. The number of aromatic nitrogens is 3. The summed E-state index contributed by atoms with van der Waals surface area (Å²) in [7, 11) is 0. The largest absolute Gasteiger partial charge is 0.506 e. The number of nitrogens with zero attached hydrogens (tertiary/aromatic N) is 3. The number of hydrogen-bond donors (Lipinski definition) is 2. The SMILES string of the molecule is Cc1ccc(NC(=O)c2cnn(-c3ccccc3)n2)c(O)c1. The second-order valence-corrected chi connectivity index (χ2v) is 4.83. The molecule has 0 unspecified atom stereocenters. The van der Waals surface area contributed by atoms with Crippen molar-refractivity contribution < 1.29 is 9.90 Å². The molecule has 0 bridgehead atoms. The van der Waals surface area contributed by atoms with E-state index in [-0.39, 0.29) is 11.4 Å². The molecule has 22 heavy (non-hydrogen) atoms. The van der Waals surface area contributed by atoms with Gasteiger partial charge in [-0.1, -0.05) is 24.3 Å². The summed E-state index contributed by atoms with van der Waals surface area (Å²) in [5.41, 5.74) is 2.18. The van der Waals surface area contributed by atoms with Crippen molar-refractivity contribution in [1.82, 2.24) is 15.0 Å². The summed E-state index contributed by atoms with van der Waals surface area (Å²) in [4.78, 5) is 13.5. The maximum atomic E-state index is 12.2. The summed E-state index contributed by atoms with van der Waals surface area (Å²) in [5.74, 6) is -0.412. The summed E-state index contributed by atoms with van der Waals surface area (Å²) >= 11 is 0. The number of aromatic hydroxyl groups is 1. The van der Waals surface area contributed by atoms with Crippen LogP contribution in [0.1, 0.15) is 16.1 Å². The van der Waals surface area contributed by atoms with Gasteiger partial charge >= 0.3 is 0 Å². The Kier molecular flexibility index (Phi) is 3.57. The standard InChI is InChI=1S/C16H14N4O2/c1-11-7-8-13(15(21)9-11)18-16(22)14-10-17-20(19-14)12-5-3-2-4-6-12/h2-10,21H,1H3,(H,18,22). The van der Waals surface area contributed by atoms with Gasteiger partial charge in [-0.25, -0.2) is 0 Å². The molecule has 0 radical (unpaired) electrons. The molecule has 0 spiro atoms. The van der Waals surface area contributed by atoms with Crippen LogP contribution in [0.3, 0.4) is 0 Å². The third-order valence-electron chi connectivity index (χ3n) is 3.11. The van der Waals surface area contributed by atoms with Crippen LogP contribution in [0.4, 0.5) is 5.69 Å². The molecule has 0 aliphatic carbocycles. The zero-order valence-electron chi connectivity index (χ0n) is 11.9. The second-order valence-electron chi connectivity index (χ2n) is 4.83. The fraction of sp³-hybridized carbons (Fsp3) is 0.0625. The minimum absolute atomic E-state index is 0.0174. The molecule has 6 heteroatoms. The smallest absolute Gasteiger partial charge is 0.277 e. The zero-order chi connectivity index (χ0) is 15.5. The Hall–Kier alpha value is -3.15. The molecule has 1 aromatic heterocycles. The molecule has 0 aliphatic rings. The first-order chi connectivity index (χ1) is 10.6. The van der Waals surface area contributed by atoms with Crippen molar-refractivity contribution in [3.05, 3.63) is 66.0 Å². The van der Waals surface area contributed by atoms with Gasteiger partial charge in [0.1, 0.15) is 5.75 Å². The van der Waals surface area contributed by atoms with Gasteiger partial charge in [-0.15, -0.1) is 5.10 Å². The van der Waals surface area contributed by atoms with Gasteiger partial charge in [0.2, 0.25) is 0 Å². The van der Waals surface area contributed by atoms with Gasteiger partial charge in [-0.05, 0) is 36.8 Å². The minimum atomic E-state index is -0.429. The molecule has 6 nitrogen and oxygen atoms in total. The number of hydrogen-bond acceptors (Lipinski definition) is 4. The third-order valence-corrected chi connectivity index (χ3v) is 3.11. The number of carbonyl (C=O) groups excluding carboxylic acids is 1. The van der Waals surface area contributed by atoms with E-state index >= 15 is 0 Å². The number of carbonyl (C=O) groups is 1. The highest BCUT2D eigenvalue weighted by molar-refractivity contribution is 6.03. The molecule has 0 atom stereocenters. The van der Waals surface area contributed by atoms with Gasteiger partial charge in [0.05, 0.1) is 17.6 Å². The van der Waals surface area contributed by atoms with Gasteiger partial charge in [0.15, 0.2) is 5.69 Å². The van der Waals surface area contributed by atoms with Crippen molar-refractivity contribution in [3.63, 3.8) is 0 Å². The Balaban J connectivity index is 1.80. The lowest BCUT2D eigenvalue weighted by molar-refractivity contribution is 0.102. The molecule has 0 fully saturated rings. The van der Waals surface area contributed by atoms with E-state index in [4.69, 9.17) is 0 Å². The summed E-state index contributed by atoms with van der Waals surface area (Å²) in [6, 6.07) is 14.3. The highest BCUT2D eigenvalue weighted by atomic mass is 16.3. The van der Waals surface area contributed by atoms with E-state index in [1.165, 1.54) is 11.0 Å². The van der Waals surface area contributed by atoms with Crippen LogP contribution in [-0.4, -0.2) is 26.0 Å². The van der Waals surface area contributed by atoms with Crippen LogP contribution in [0.5, 0.6) is 5.75 Å². The zero-order valence-corrected chi connectivity index (χ0v) is 11.9. The van der Waals surface area contributed by atoms with Crippen LogP contribution in [-0.2, 0) is 0 Å². The number of rotatable bonds is 3. The predicted octanol–water partition coefficient (Wildman–Crippen LogP) is 2.53. The first kappa shape index (κ1) is 13.8. The fourth-order valence-electron chi connectivity index (χ4n) is 1.99. The Morgan fingerprint density at radius 1 is 1.18 bits per heavy atom. The Bertz CT molecular complexity index is 812. The van der Waals surface area contributed by atoms with Crippen LogP contribution in [0, 0.1) is 6.92 Å². The number of phenolic OH excluding ortho intramolecular Hbond substituents is 1. The van der Waals surface area contributed by atoms with Crippen LogP contribution in [0.25, 0.3) is 5.69 Å². The highest BCUT2D eigenvalue weighted by Crippen LogP contribution is 2.24. The van der Waals surface area contributed by atoms with Crippen molar-refractivity contribution in [3.8, 4) is 11.4 Å². The van der Waals surface area contributed by atoms with E-state index in [1.807, 2.05) is 37.3 Å². The van der Waals surface area contributed by atoms with Crippen molar-refractivity contribution in [2.24, 2.45) is 0 Å². The molecule has 0 saturated heterocycles. The molecule has 0 saturated carbocycles. The number of para-hydroxylation sites is 1. The van der Waals surface area contributed by atoms with Crippen molar-refractivity contribution >= 4 is 11.6 Å². The topological polar surface area (TPSA) is 80.0 Å². The van der Waals surface area contributed by atoms with Gasteiger partial charge in [0, 0.05) is 0 Å². The minimum Gasteiger partial charge on any atom is -0.506 e. The van der Waals surface area contributed by atoms with Crippen molar-refractivity contribution in [2.45, 2.75) is 6.92 Å². The van der Waals surface area contributed by atoms with E-state index in [9.17, 15) is 9.90 Å². The first-order valence-corrected chi connectivity index (χ1v) is 6.72. The van der Waals surface area contributed by atoms with Gasteiger partial charge in [0.25, 0.3) is 5.91 Å². The molecule has 3 aromatic rings. The van der Waals surface area contributed by atoms with Crippen LogP contribution >= 0.6 is 0 Å². The molecule has 0 aliphatic heterocycles. The Labute approximate surface area is 127 Å². The Morgan fingerprint density at radius 2 is 1.95 bits per heavy atom. The molecular weight excluding hydrogens is 280 g/mol. The number of phenols is 1. The van der Waals surface area contributed by atoms with Crippen LogP contribution < -0.4 is 5.32 Å². The number of amides is 1. The van der Waals surface area contributed by atoms with E-state index in [0.717, 1.165) is 11.3 Å². The molecule has 1 amide bonds. The van der Waals surface area contributed by atoms with E-state index in [1.54, 1.807) is 18.2 Å². The Morgan fingerprint density at radius 3 is 2.68 bits per heavy atom. The quantitative estimate of drug-likeness (QED) is 0.727. The summed E-state index contributed by atoms with van der Waals surface area (Å²) in [6.45, 7) is 1.86. The lowest BCUT2D eigenvalue weighted by atomic mass is 10.2. The van der Waals surface area contributed by atoms with Crippen molar-refractivity contribution in [1.29, 1.82) is 0 Å². The molecule has 2 N–H and O–H groups in total. The lowest BCUT2D eigenvalue weighted by Gasteiger charge is -2.06. The van der Waals surface area contributed by atoms with Crippen LogP contribution in [0.15, 0.2) is 54.7 Å². The number of aryl methyl sites for hydroxylation is 1. The third kappa shape index (κ3) is 2.80. The molecule has 1 heterocycles. The van der Waals surface area contributed by atoms with Crippen LogP contribution in [0.2, 0.25) is 0 Å². The fourth-order valence-corrected chi connectivity index (χ4v) is 1.99. The first-order valence-electron chi connectivity index (χ1n) is 6.72. The van der Waals surface area contributed by atoms with E-state index in [2.05, 4.69) is 15.5 Å². The second kappa shape index (κ2) is 5.69. The van der Waals surface area contributed by atoms with Gasteiger partial charge in [-0.3, -0.25) is 4.79 Å². The monoisotopic (exact) mass is 294 g/mol. The maximum absolute atomic E-state index is 12.2. The predicted molar refractivity (Wildman–Crippen MR) is 82.2 cm³/mol. The van der Waals surface area contributed by atoms with E-state index < -0.39 is 5.91 Å². The van der Waals surface area contributed by atoms with Gasteiger partial charge < -0.3 is 10.4 Å². The number of anilines is 1. The summed E-state index contributed by atoms with van der Waals surface area (Å²) in [6.07, 6.45) is 1.38. The van der Waals surface area contributed by atoms with Gasteiger partial charge in [-0.2, -0.15) is 9.90 Å². The van der Waals surface area contributed by atoms with Crippen molar-refractivity contribution in [2.75, 3.05) is 5.32 Å². The molecule has 2 aromatic carbocycles. The molecule has 3 rings (SSSR count).